The number of halogens is 1. The van der Waals surface area contributed by atoms with Crippen LogP contribution < -0.4 is 4.74 Å². The summed E-state index contributed by atoms with van der Waals surface area (Å²) in [6, 6.07) is 14.3. The lowest BCUT2D eigenvalue weighted by molar-refractivity contribution is 0.00643. The summed E-state index contributed by atoms with van der Waals surface area (Å²) in [7, 11) is 0. The number of ether oxygens (including phenoxy) is 2. The molecule has 1 aliphatic heterocycles. The van der Waals surface area contributed by atoms with Gasteiger partial charge in [-0.15, -0.1) is 0 Å². The van der Waals surface area contributed by atoms with Crippen LogP contribution in [0.4, 0.5) is 4.39 Å². The van der Waals surface area contributed by atoms with Crippen LogP contribution in [0.15, 0.2) is 42.5 Å². The summed E-state index contributed by atoms with van der Waals surface area (Å²) < 4.78 is 27.0. The molecule has 2 saturated carbocycles. The highest BCUT2D eigenvalue weighted by Gasteiger charge is 2.48. The first-order valence-corrected chi connectivity index (χ1v) is 12.2. The van der Waals surface area contributed by atoms with E-state index in [1.54, 1.807) is 26.8 Å². The molecule has 3 aliphatic rings. The Balaban J connectivity index is 1.37. The Morgan fingerprint density at radius 2 is 1.85 bits per heavy atom. The van der Waals surface area contributed by atoms with Crippen molar-refractivity contribution in [2.45, 2.75) is 83.1 Å². The molecule has 2 aromatic carbocycles. The molecule has 0 aromatic heterocycles. The number of benzene rings is 2. The third-order valence-corrected chi connectivity index (χ3v) is 7.26. The van der Waals surface area contributed by atoms with E-state index >= 15 is 4.39 Å². The van der Waals surface area contributed by atoms with Gasteiger partial charge in [-0.3, -0.25) is 4.90 Å². The third-order valence-electron chi connectivity index (χ3n) is 7.26. The fourth-order valence-electron chi connectivity index (χ4n) is 5.54. The Bertz CT molecular complexity index is 1030. The van der Waals surface area contributed by atoms with Crippen molar-refractivity contribution >= 4 is 5.97 Å². The predicted molar refractivity (Wildman–Crippen MR) is 126 cm³/mol. The number of carbonyl (C=O) groups is 1. The van der Waals surface area contributed by atoms with Crippen molar-refractivity contribution in [3.8, 4) is 5.75 Å². The molecule has 4 atom stereocenters. The summed E-state index contributed by atoms with van der Waals surface area (Å²) >= 11 is 0. The zero-order chi connectivity index (χ0) is 23.3. The van der Waals surface area contributed by atoms with E-state index in [1.165, 1.54) is 11.6 Å². The predicted octanol–water partition coefficient (Wildman–Crippen LogP) is 6.26. The van der Waals surface area contributed by atoms with Gasteiger partial charge in [0.1, 0.15) is 23.3 Å². The van der Waals surface area contributed by atoms with Crippen LogP contribution >= 0.6 is 0 Å². The highest BCUT2D eigenvalue weighted by molar-refractivity contribution is 5.90. The Kier molecular flexibility index (Phi) is 5.72. The van der Waals surface area contributed by atoms with Crippen LogP contribution in [0.25, 0.3) is 0 Å². The summed E-state index contributed by atoms with van der Waals surface area (Å²) in [5, 5.41) is 0. The van der Waals surface area contributed by atoms with Crippen molar-refractivity contribution in [1.29, 1.82) is 0 Å². The molecule has 5 heteroatoms. The molecule has 176 valence electrons. The largest absolute Gasteiger partial charge is 0.488 e. The summed E-state index contributed by atoms with van der Waals surface area (Å²) in [5.74, 6) is 0.367. The van der Waals surface area contributed by atoms with E-state index in [0.29, 0.717) is 29.7 Å². The van der Waals surface area contributed by atoms with Crippen LogP contribution in [0, 0.1) is 11.7 Å². The molecular weight excluding hydrogens is 417 g/mol. The molecule has 0 spiro atoms. The average Bonchev–Trinajstić information content (AvgIpc) is 3.41. The van der Waals surface area contributed by atoms with E-state index in [2.05, 4.69) is 36.1 Å². The fourth-order valence-corrected chi connectivity index (χ4v) is 5.54. The van der Waals surface area contributed by atoms with E-state index < -0.39 is 17.4 Å². The van der Waals surface area contributed by atoms with Gasteiger partial charge in [0.25, 0.3) is 0 Å². The number of esters is 1. The van der Waals surface area contributed by atoms with Gasteiger partial charge in [0.15, 0.2) is 0 Å². The Morgan fingerprint density at radius 3 is 2.48 bits per heavy atom. The topological polar surface area (TPSA) is 38.8 Å². The highest BCUT2D eigenvalue weighted by Crippen LogP contribution is 2.48. The molecule has 0 unspecified atom stereocenters. The third kappa shape index (κ3) is 4.65. The number of likely N-dealkylation sites (tertiary alicyclic amines) is 1. The summed E-state index contributed by atoms with van der Waals surface area (Å²) in [5.41, 5.74) is 1.60. The van der Waals surface area contributed by atoms with Gasteiger partial charge in [-0.1, -0.05) is 30.3 Å². The second-order valence-corrected chi connectivity index (χ2v) is 11.0. The molecule has 0 N–H and O–H groups in total. The molecule has 1 heterocycles. The van der Waals surface area contributed by atoms with E-state index in [4.69, 9.17) is 9.47 Å². The summed E-state index contributed by atoms with van der Waals surface area (Å²) in [6.45, 7) is 8.72. The van der Waals surface area contributed by atoms with E-state index in [0.717, 1.165) is 37.8 Å². The number of rotatable bonds is 6. The first-order valence-electron chi connectivity index (χ1n) is 12.2. The van der Waals surface area contributed by atoms with Gasteiger partial charge in [0.2, 0.25) is 0 Å². The van der Waals surface area contributed by atoms with Gasteiger partial charge >= 0.3 is 5.97 Å². The average molecular weight is 452 g/mol. The van der Waals surface area contributed by atoms with Gasteiger partial charge in [0.05, 0.1) is 5.56 Å². The molecule has 0 radical (unpaired) electrons. The maximum Gasteiger partial charge on any atom is 0.341 e. The highest BCUT2D eigenvalue weighted by atomic mass is 19.1. The SMILES string of the molecule is C[C@@H](c1ccccc1)N1C[C@H]2C[C@@H](Oc3cc(F)c(C(=O)OC(C)(C)C)cc3C3CC3)[C@@H]1C2. The molecule has 3 fully saturated rings. The van der Waals surface area contributed by atoms with Crippen LogP contribution in [0.5, 0.6) is 5.75 Å². The smallest absolute Gasteiger partial charge is 0.341 e. The number of hydrogen-bond acceptors (Lipinski definition) is 4. The van der Waals surface area contributed by atoms with E-state index in [9.17, 15) is 4.79 Å². The molecule has 0 amide bonds. The number of fused-ring (bicyclic) bond motifs is 2. The normalized spacial score (nSPS) is 25.8. The standard InChI is InChI=1S/C28H34FNO3/c1-17(19-8-6-5-7-9-19)30-16-18-12-24(30)26(13-18)32-25-15-23(29)22(14-21(25)20-10-11-20)27(31)33-28(2,3)4/h5-9,14-15,17-18,20,24,26H,10-13,16H2,1-4H3/t17-,18+,24-,26+/m0/s1. The van der Waals surface area contributed by atoms with Crippen molar-refractivity contribution in [3.05, 3.63) is 65.0 Å². The van der Waals surface area contributed by atoms with Crippen LogP contribution in [0.1, 0.15) is 86.8 Å². The second-order valence-electron chi connectivity index (χ2n) is 11.0. The molecule has 5 rings (SSSR count). The zero-order valence-electron chi connectivity index (χ0n) is 20.0. The minimum absolute atomic E-state index is 0.00597. The summed E-state index contributed by atoms with van der Waals surface area (Å²) in [6.07, 6.45) is 4.26. The maximum absolute atomic E-state index is 15.0. The molecular formula is C28H34FNO3. The van der Waals surface area contributed by atoms with Crippen molar-refractivity contribution in [2.75, 3.05) is 6.54 Å². The van der Waals surface area contributed by atoms with Crippen molar-refractivity contribution in [2.24, 2.45) is 5.92 Å². The van der Waals surface area contributed by atoms with Crippen LogP contribution in [-0.2, 0) is 4.74 Å². The lowest BCUT2D eigenvalue weighted by Gasteiger charge is -2.38. The number of nitrogens with zero attached hydrogens (tertiary/aromatic N) is 1. The van der Waals surface area contributed by atoms with E-state index in [1.807, 2.05) is 6.07 Å². The first-order chi connectivity index (χ1) is 15.7. The molecule has 2 aromatic rings. The minimum atomic E-state index is -0.666. The Labute approximate surface area is 196 Å². The van der Waals surface area contributed by atoms with Gasteiger partial charge in [-0.2, -0.15) is 0 Å². The number of hydrogen-bond donors (Lipinski definition) is 0. The van der Waals surface area contributed by atoms with Gasteiger partial charge in [-0.05, 0) is 82.4 Å². The van der Waals surface area contributed by atoms with Gasteiger partial charge < -0.3 is 9.47 Å². The monoisotopic (exact) mass is 451 g/mol. The molecule has 2 bridgehead atoms. The van der Waals surface area contributed by atoms with Gasteiger partial charge in [0, 0.05) is 24.7 Å². The van der Waals surface area contributed by atoms with Crippen LogP contribution in [-0.4, -0.2) is 35.2 Å². The maximum atomic E-state index is 15.0. The minimum Gasteiger partial charge on any atom is -0.488 e. The molecule has 33 heavy (non-hydrogen) atoms. The lowest BCUT2D eigenvalue weighted by atomic mass is 10.0. The second kappa shape index (κ2) is 8.43. The van der Waals surface area contributed by atoms with Crippen molar-refractivity contribution < 1.29 is 18.7 Å². The number of piperidine rings is 1. The van der Waals surface area contributed by atoms with Gasteiger partial charge in [-0.25, -0.2) is 9.18 Å². The number of carbonyl (C=O) groups excluding carboxylic acids is 1. The van der Waals surface area contributed by atoms with Crippen LogP contribution in [0.2, 0.25) is 0 Å². The fraction of sp³-hybridized carbons (Fsp3) is 0.536. The lowest BCUT2D eigenvalue weighted by Crippen LogP contribution is -2.45. The van der Waals surface area contributed by atoms with Crippen molar-refractivity contribution in [3.63, 3.8) is 0 Å². The van der Waals surface area contributed by atoms with E-state index in [-0.39, 0.29) is 11.7 Å². The van der Waals surface area contributed by atoms with Crippen molar-refractivity contribution in [1.82, 2.24) is 4.90 Å². The van der Waals surface area contributed by atoms with Crippen LogP contribution in [0.3, 0.4) is 0 Å². The molecule has 1 saturated heterocycles. The Hall–Kier alpha value is -2.40. The zero-order valence-corrected chi connectivity index (χ0v) is 20.0. The quantitative estimate of drug-likeness (QED) is 0.486. The molecule has 2 aliphatic carbocycles. The summed E-state index contributed by atoms with van der Waals surface area (Å²) in [4.78, 5) is 15.1. The molecule has 4 nitrogen and oxygen atoms in total. The first kappa shape index (κ1) is 22.4. The Morgan fingerprint density at radius 1 is 1.12 bits per heavy atom.